The number of benzene rings is 1. The fourth-order valence-electron chi connectivity index (χ4n) is 3.15. The summed E-state index contributed by atoms with van der Waals surface area (Å²) in [5.41, 5.74) is 1.05. The van der Waals surface area contributed by atoms with Crippen LogP contribution in [-0.2, 0) is 16.6 Å². The molecule has 2 heterocycles. The van der Waals surface area contributed by atoms with E-state index in [9.17, 15) is 8.42 Å². The van der Waals surface area contributed by atoms with Gasteiger partial charge in [-0.3, -0.25) is 0 Å². The highest BCUT2D eigenvalue weighted by molar-refractivity contribution is 7.89. The smallest absolute Gasteiger partial charge is 0.215 e. The summed E-state index contributed by atoms with van der Waals surface area (Å²) >= 11 is 5.25. The maximum atomic E-state index is 12.6. The number of methoxy groups -OCH3 is 1. The lowest BCUT2D eigenvalue weighted by Crippen LogP contribution is -2.50. The molecule has 0 bridgehead atoms. The monoisotopic (exact) mass is 449 g/mol. The van der Waals surface area contributed by atoms with Crippen molar-refractivity contribution >= 4 is 33.2 Å². The quantitative estimate of drug-likeness (QED) is 0.582. The zero-order valence-corrected chi connectivity index (χ0v) is 18.6. The van der Waals surface area contributed by atoms with Gasteiger partial charge >= 0.3 is 0 Å². The first-order chi connectivity index (χ1) is 14.5. The Bertz CT molecular complexity index is 915. The van der Waals surface area contributed by atoms with Gasteiger partial charge in [0.15, 0.2) is 5.11 Å². The maximum Gasteiger partial charge on any atom is 0.215 e. The van der Waals surface area contributed by atoms with Crippen LogP contribution in [0.25, 0.3) is 0 Å². The van der Waals surface area contributed by atoms with Crippen LogP contribution in [0.5, 0.6) is 5.75 Å². The first-order valence-electron chi connectivity index (χ1n) is 9.76. The highest BCUT2D eigenvalue weighted by atomic mass is 32.2. The van der Waals surface area contributed by atoms with Crippen LogP contribution in [0.1, 0.15) is 5.56 Å². The van der Waals surface area contributed by atoms with E-state index in [4.69, 9.17) is 17.0 Å². The van der Waals surface area contributed by atoms with Gasteiger partial charge < -0.3 is 20.3 Å². The number of rotatable bonds is 8. The van der Waals surface area contributed by atoms with E-state index in [2.05, 4.69) is 20.5 Å². The Morgan fingerprint density at radius 3 is 2.47 bits per heavy atom. The lowest BCUT2D eigenvalue weighted by atomic mass is 10.2. The standard InChI is InChI=1S/C20H27N5O3S2/c1-28-18-7-5-17(6-8-18)16-23-20(29)22-10-15-30(26,27)25-13-11-24(12-14-25)19-4-2-3-9-21-19/h2-9H,10-16H2,1H3,(H2,22,23,29). The summed E-state index contributed by atoms with van der Waals surface area (Å²) < 4.78 is 31.9. The Kier molecular flexibility index (Phi) is 7.83. The van der Waals surface area contributed by atoms with Crippen LogP contribution in [0.4, 0.5) is 5.82 Å². The molecular formula is C20H27N5O3S2. The number of nitrogens with one attached hydrogen (secondary N) is 2. The van der Waals surface area contributed by atoms with Crippen molar-refractivity contribution in [2.75, 3.05) is 50.5 Å². The molecule has 2 aromatic rings. The summed E-state index contributed by atoms with van der Waals surface area (Å²) in [6, 6.07) is 13.4. The van der Waals surface area contributed by atoms with Crippen molar-refractivity contribution in [2.45, 2.75) is 6.54 Å². The number of hydrogen-bond donors (Lipinski definition) is 2. The van der Waals surface area contributed by atoms with Crippen LogP contribution in [0.15, 0.2) is 48.7 Å². The summed E-state index contributed by atoms with van der Waals surface area (Å²) in [6.45, 7) is 2.99. The van der Waals surface area contributed by atoms with E-state index >= 15 is 0 Å². The van der Waals surface area contributed by atoms with Crippen molar-refractivity contribution in [1.82, 2.24) is 19.9 Å². The SMILES string of the molecule is COc1ccc(CNC(=S)NCCS(=O)(=O)N2CCN(c3ccccn3)CC2)cc1. The van der Waals surface area contributed by atoms with Crippen molar-refractivity contribution in [3.05, 3.63) is 54.2 Å². The first kappa shape index (κ1) is 22.3. The van der Waals surface area contributed by atoms with E-state index in [1.54, 1.807) is 17.6 Å². The minimum Gasteiger partial charge on any atom is -0.497 e. The molecule has 2 N–H and O–H groups in total. The van der Waals surface area contributed by atoms with Crippen molar-refractivity contribution in [2.24, 2.45) is 0 Å². The third-order valence-corrected chi connectivity index (χ3v) is 7.02. The predicted molar refractivity (Wildman–Crippen MR) is 122 cm³/mol. The third kappa shape index (κ3) is 6.28. The number of ether oxygens (including phenoxy) is 1. The number of piperazine rings is 1. The zero-order chi connectivity index (χ0) is 21.4. The maximum absolute atomic E-state index is 12.6. The second-order valence-electron chi connectivity index (χ2n) is 6.85. The van der Waals surface area contributed by atoms with Gasteiger partial charge in [-0.05, 0) is 42.0 Å². The van der Waals surface area contributed by atoms with Crippen LogP contribution in [0.3, 0.4) is 0 Å². The van der Waals surface area contributed by atoms with Crippen molar-refractivity contribution < 1.29 is 13.2 Å². The highest BCUT2D eigenvalue weighted by Crippen LogP contribution is 2.14. The van der Waals surface area contributed by atoms with Crippen molar-refractivity contribution in [3.8, 4) is 5.75 Å². The average Bonchev–Trinajstić information content (AvgIpc) is 2.78. The molecule has 10 heteroatoms. The molecule has 1 aromatic heterocycles. The molecule has 0 atom stereocenters. The van der Waals surface area contributed by atoms with Crippen molar-refractivity contribution in [1.29, 1.82) is 0 Å². The van der Waals surface area contributed by atoms with Crippen LogP contribution < -0.4 is 20.3 Å². The molecule has 0 radical (unpaired) electrons. The topological polar surface area (TPSA) is 86.8 Å². The molecule has 1 fully saturated rings. The van der Waals surface area contributed by atoms with E-state index in [1.165, 1.54) is 0 Å². The Morgan fingerprint density at radius 2 is 1.83 bits per heavy atom. The van der Waals surface area contributed by atoms with E-state index in [1.807, 2.05) is 42.5 Å². The lowest BCUT2D eigenvalue weighted by Gasteiger charge is -2.34. The van der Waals surface area contributed by atoms with Crippen LogP contribution in [-0.4, -0.2) is 68.4 Å². The molecule has 1 aliphatic heterocycles. The van der Waals surface area contributed by atoms with Gasteiger partial charge in [0, 0.05) is 45.5 Å². The number of thiocarbonyl (C=S) groups is 1. The van der Waals surface area contributed by atoms with E-state index in [0.717, 1.165) is 17.1 Å². The summed E-state index contributed by atoms with van der Waals surface area (Å²) in [5.74, 6) is 1.68. The number of anilines is 1. The van der Waals surface area contributed by atoms with Gasteiger partial charge in [-0.15, -0.1) is 0 Å². The average molecular weight is 450 g/mol. The van der Waals surface area contributed by atoms with E-state index < -0.39 is 10.0 Å². The summed E-state index contributed by atoms with van der Waals surface area (Å²) in [7, 11) is -1.71. The van der Waals surface area contributed by atoms with Crippen LogP contribution in [0, 0.1) is 0 Å². The minimum absolute atomic E-state index is 0.000935. The molecule has 1 saturated heterocycles. The number of nitrogens with zero attached hydrogens (tertiary/aromatic N) is 3. The molecule has 0 aliphatic carbocycles. The summed E-state index contributed by atoms with van der Waals surface area (Å²) in [4.78, 5) is 6.43. The molecule has 0 spiro atoms. The zero-order valence-electron chi connectivity index (χ0n) is 17.0. The van der Waals surface area contributed by atoms with Gasteiger partial charge in [0.1, 0.15) is 11.6 Å². The first-order valence-corrected chi connectivity index (χ1v) is 11.8. The van der Waals surface area contributed by atoms with Crippen molar-refractivity contribution in [3.63, 3.8) is 0 Å². The number of sulfonamides is 1. The number of hydrogen-bond acceptors (Lipinski definition) is 6. The molecule has 0 unspecified atom stereocenters. The molecule has 1 aromatic carbocycles. The minimum atomic E-state index is -3.34. The molecule has 162 valence electrons. The summed E-state index contributed by atoms with van der Waals surface area (Å²) in [5, 5.41) is 6.49. The molecule has 0 saturated carbocycles. The number of aromatic nitrogens is 1. The van der Waals surface area contributed by atoms with E-state index in [0.29, 0.717) is 37.8 Å². The van der Waals surface area contributed by atoms with Crippen LogP contribution in [0.2, 0.25) is 0 Å². The van der Waals surface area contributed by atoms with Crippen LogP contribution >= 0.6 is 12.2 Å². The second-order valence-corrected chi connectivity index (χ2v) is 9.34. The van der Waals surface area contributed by atoms with Gasteiger partial charge in [-0.2, -0.15) is 4.31 Å². The normalized spacial score (nSPS) is 14.9. The third-order valence-electron chi connectivity index (χ3n) is 4.86. The summed E-state index contributed by atoms with van der Waals surface area (Å²) in [6.07, 6.45) is 1.75. The largest absolute Gasteiger partial charge is 0.497 e. The fraction of sp³-hybridized carbons (Fsp3) is 0.400. The molecule has 1 aliphatic rings. The van der Waals surface area contributed by atoms with Gasteiger partial charge in [-0.1, -0.05) is 18.2 Å². The Labute approximate surface area is 183 Å². The fourth-order valence-corrected chi connectivity index (χ4v) is 4.66. The molecule has 3 rings (SSSR count). The molecule has 30 heavy (non-hydrogen) atoms. The molecule has 8 nitrogen and oxygen atoms in total. The van der Waals surface area contributed by atoms with Gasteiger partial charge in [0.2, 0.25) is 10.0 Å². The second kappa shape index (κ2) is 10.6. The molecule has 0 amide bonds. The Balaban J connectivity index is 1.38. The molecular weight excluding hydrogens is 422 g/mol. The van der Waals surface area contributed by atoms with E-state index in [-0.39, 0.29) is 12.3 Å². The Hall–Kier alpha value is -2.43. The highest BCUT2D eigenvalue weighted by Gasteiger charge is 2.27. The predicted octanol–water partition coefficient (Wildman–Crippen LogP) is 1.21. The van der Waals surface area contributed by atoms with Gasteiger partial charge in [0.25, 0.3) is 0 Å². The van der Waals surface area contributed by atoms with Gasteiger partial charge in [0.05, 0.1) is 12.9 Å². The van der Waals surface area contributed by atoms with Gasteiger partial charge in [-0.25, -0.2) is 13.4 Å². The Morgan fingerprint density at radius 1 is 1.10 bits per heavy atom. The lowest BCUT2D eigenvalue weighted by molar-refractivity contribution is 0.384. The number of pyridine rings is 1.